The first kappa shape index (κ1) is 20.1. The smallest absolute Gasteiger partial charge is 0.266 e. The van der Waals surface area contributed by atoms with Crippen LogP contribution in [-0.2, 0) is 6.54 Å². The predicted molar refractivity (Wildman–Crippen MR) is 112 cm³/mol. The first-order valence-corrected chi connectivity index (χ1v) is 9.91. The van der Waals surface area contributed by atoms with Crippen LogP contribution in [0, 0.1) is 5.82 Å². The van der Waals surface area contributed by atoms with E-state index in [4.69, 9.17) is 27.9 Å². The second kappa shape index (κ2) is 8.28. The lowest BCUT2D eigenvalue weighted by Gasteiger charge is -2.28. The van der Waals surface area contributed by atoms with E-state index in [9.17, 15) is 9.18 Å². The molecule has 1 aliphatic rings. The Morgan fingerprint density at radius 2 is 1.90 bits per heavy atom. The summed E-state index contributed by atoms with van der Waals surface area (Å²) in [5, 5.41) is 4.07. The van der Waals surface area contributed by atoms with Gasteiger partial charge in [-0.1, -0.05) is 23.2 Å². The first-order valence-electron chi connectivity index (χ1n) is 9.15. The van der Waals surface area contributed by atoms with E-state index in [0.717, 1.165) is 26.2 Å². The van der Waals surface area contributed by atoms with E-state index in [1.807, 2.05) is 0 Å². The lowest BCUT2D eigenvalue weighted by molar-refractivity contribution is 0.226. The Morgan fingerprint density at radius 3 is 2.62 bits per heavy atom. The highest BCUT2D eigenvalue weighted by Crippen LogP contribution is 2.33. The lowest BCUT2D eigenvalue weighted by Crippen LogP contribution is -2.44. The zero-order valence-corrected chi connectivity index (χ0v) is 17.2. The Bertz CT molecular complexity index is 1130. The Kier molecular flexibility index (Phi) is 5.74. The molecule has 1 fully saturated rings. The summed E-state index contributed by atoms with van der Waals surface area (Å²) in [5.41, 5.74) is 0.462. The molecule has 0 aliphatic carbocycles. The van der Waals surface area contributed by atoms with E-state index in [-0.39, 0.29) is 10.4 Å². The highest BCUT2D eigenvalue weighted by Gasteiger charge is 2.21. The summed E-state index contributed by atoms with van der Waals surface area (Å²) in [6.07, 6.45) is 0. The molecule has 9 heteroatoms. The normalized spacial score (nSPS) is 15.0. The molecule has 0 radical (unpaired) electrons. The van der Waals surface area contributed by atoms with Gasteiger partial charge in [-0.15, -0.1) is 0 Å². The third-order valence-corrected chi connectivity index (χ3v) is 5.66. The molecule has 1 N–H and O–H groups in total. The Morgan fingerprint density at radius 1 is 1.17 bits per heavy atom. The standard InChI is InChI=1S/C20H19Cl2FN4O2/c1-29-18-10-15(22)14(21)9-17(18)27-19(11-26-6-4-24-5-7-26)25-16-3-2-12(23)8-13(16)20(27)28/h2-3,8-10,24H,4-7,11H2,1H3. The number of fused-ring (bicyclic) bond motifs is 1. The maximum atomic E-state index is 13.8. The number of hydrogen-bond acceptors (Lipinski definition) is 5. The van der Waals surface area contributed by atoms with Crippen LogP contribution >= 0.6 is 23.2 Å². The van der Waals surface area contributed by atoms with E-state index in [1.165, 1.54) is 29.9 Å². The molecular weight excluding hydrogens is 418 g/mol. The molecule has 0 atom stereocenters. The van der Waals surface area contributed by atoms with Gasteiger partial charge in [0.25, 0.3) is 5.56 Å². The van der Waals surface area contributed by atoms with Gasteiger partial charge in [-0.2, -0.15) is 0 Å². The Balaban J connectivity index is 1.97. The molecule has 29 heavy (non-hydrogen) atoms. The molecule has 0 saturated carbocycles. The fourth-order valence-electron chi connectivity index (χ4n) is 3.48. The molecule has 0 unspecified atom stereocenters. The summed E-state index contributed by atoms with van der Waals surface area (Å²) in [4.78, 5) is 20.3. The van der Waals surface area contributed by atoms with Gasteiger partial charge in [0.05, 0.1) is 40.3 Å². The van der Waals surface area contributed by atoms with Crippen LogP contribution in [0.5, 0.6) is 5.75 Å². The van der Waals surface area contributed by atoms with Crippen molar-refractivity contribution in [2.45, 2.75) is 6.54 Å². The summed E-state index contributed by atoms with van der Waals surface area (Å²) in [5.74, 6) is 0.396. The molecule has 2 heterocycles. The molecule has 0 bridgehead atoms. The van der Waals surface area contributed by atoms with Gasteiger partial charge in [0.1, 0.15) is 17.4 Å². The molecule has 1 aliphatic heterocycles. The molecule has 4 rings (SSSR count). The lowest BCUT2D eigenvalue weighted by atomic mass is 10.2. The van der Waals surface area contributed by atoms with Crippen molar-refractivity contribution in [3.8, 4) is 11.4 Å². The van der Waals surface area contributed by atoms with E-state index >= 15 is 0 Å². The van der Waals surface area contributed by atoms with Gasteiger partial charge in [0.2, 0.25) is 0 Å². The molecule has 1 saturated heterocycles. The fourth-order valence-corrected chi connectivity index (χ4v) is 3.80. The van der Waals surface area contributed by atoms with Crippen molar-refractivity contribution in [2.75, 3.05) is 33.3 Å². The average molecular weight is 437 g/mol. The van der Waals surface area contributed by atoms with Crippen molar-refractivity contribution in [1.82, 2.24) is 19.8 Å². The second-order valence-electron chi connectivity index (χ2n) is 6.79. The third kappa shape index (κ3) is 3.96. The van der Waals surface area contributed by atoms with E-state index in [2.05, 4.69) is 15.2 Å². The monoisotopic (exact) mass is 436 g/mol. The summed E-state index contributed by atoms with van der Waals surface area (Å²) < 4.78 is 20.7. The van der Waals surface area contributed by atoms with Gasteiger partial charge in [-0.3, -0.25) is 14.3 Å². The minimum absolute atomic E-state index is 0.183. The van der Waals surface area contributed by atoms with Crippen LogP contribution in [0.4, 0.5) is 4.39 Å². The zero-order chi connectivity index (χ0) is 20.5. The summed E-state index contributed by atoms with van der Waals surface area (Å²) >= 11 is 12.4. The van der Waals surface area contributed by atoms with Gasteiger partial charge in [-0.05, 0) is 24.3 Å². The van der Waals surface area contributed by atoms with E-state index < -0.39 is 11.4 Å². The summed E-state index contributed by atoms with van der Waals surface area (Å²) in [7, 11) is 1.48. The van der Waals surface area contributed by atoms with Crippen molar-refractivity contribution in [2.24, 2.45) is 0 Å². The number of ether oxygens (including phenoxy) is 1. The largest absolute Gasteiger partial charge is 0.494 e. The number of benzene rings is 2. The van der Waals surface area contributed by atoms with E-state index in [1.54, 1.807) is 12.1 Å². The SMILES string of the molecule is COc1cc(Cl)c(Cl)cc1-n1c(CN2CCNCC2)nc2ccc(F)cc2c1=O. The minimum Gasteiger partial charge on any atom is -0.494 e. The van der Waals surface area contributed by atoms with Crippen LogP contribution in [0.25, 0.3) is 16.6 Å². The van der Waals surface area contributed by atoms with Gasteiger partial charge in [0.15, 0.2) is 0 Å². The number of nitrogens with one attached hydrogen (secondary N) is 1. The van der Waals surface area contributed by atoms with Gasteiger partial charge >= 0.3 is 0 Å². The molecule has 3 aromatic rings. The minimum atomic E-state index is -0.501. The maximum absolute atomic E-state index is 13.8. The highest BCUT2D eigenvalue weighted by atomic mass is 35.5. The fraction of sp³-hybridized carbons (Fsp3) is 0.300. The Labute approximate surface area is 176 Å². The van der Waals surface area contributed by atoms with Crippen molar-refractivity contribution in [1.29, 1.82) is 0 Å². The van der Waals surface area contributed by atoms with Crippen LogP contribution in [0.1, 0.15) is 5.82 Å². The van der Waals surface area contributed by atoms with Crippen molar-refractivity contribution >= 4 is 34.1 Å². The highest BCUT2D eigenvalue weighted by molar-refractivity contribution is 6.42. The number of nitrogens with zero attached hydrogens (tertiary/aromatic N) is 3. The number of halogens is 3. The second-order valence-corrected chi connectivity index (χ2v) is 7.61. The molecule has 0 amide bonds. The van der Waals surface area contributed by atoms with Crippen LogP contribution in [0.2, 0.25) is 10.0 Å². The van der Waals surface area contributed by atoms with Crippen LogP contribution in [-0.4, -0.2) is 47.7 Å². The van der Waals surface area contributed by atoms with Gasteiger partial charge in [0, 0.05) is 32.2 Å². The Hall–Kier alpha value is -2.19. The quantitative estimate of drug-likeness (QED) is 0.679. The molecule has 0 spiro atoms. The molecular formula is C20H19Cl2FN4O2. The summed E-state index contributed by atoms with van der Waals surface area (Å²) in [6.45, 7) is 3.83. The molecule has 2 aromatic carbocycles. The predicted octanol–water partition coefficient (Wildman–Crippen LogP) is 3.25. The number of aromatic nitrogens is 2. The topological polar surface area (TPSA) is 59.4 Å². The van der Waals surface area contributed by atoms with Gasteiger partial charge in [-0.25, -0.2) is 9.37 Å². The number of rotatable bonds is 4. The van der Waals surface area contributed by atoms with Gasteiger partial charge < -0.3 is 10.1 Å². The van der Waals surface area contributed by atoms with Crippen molar-refractivity contribution in [3.63, 3.8) is 0 Å². The van der Waals surface area contributed by atoms with E-state index in [0.29, 0.717) is 34.3 Å². The molecule has 6 nitrogen and oxygen atoms in total. The maximum Gasteiger partial charge on any atom is 0.266 e. The number of methoxy groups -OCH3 is 1. The molecule has 152 valence electrons. The summed E-state index contributed by atoms with van der Waals surface area (Å²) in [6, 6.07) is 7.13. The molecule has 1 aromatic heterocycles. The average Bonchev–Trinajstić information content (AvgIpc) is 2.72. The first-order chi connectivity index (χ1) is 14.0. The van der Waals surface area contributed by atoms with Crippen molar-refractivity contribution in [3.05, 3.63) is 62.4 Å². The third-order valence-electron chi connectivity index (χ3n) is 4.94. The zero-order valence-electron chi connectivity index (χ0n) is 15.7. The van der Waals surface area contributed by atoms with Crippen LogP contribution < -0.4 is 15.6 Å². The number of piperazine rings is 1. The van der Waals surface area contributed by atoms with Crippen LogP contribution in [0.15, 0.2) is 35.1 Å². The van der Waals surface area contributed by atoms with Crippen LogP contribution in [0.3, 0.4) is 0 Å². The number of hydrogen-bond donors (Lipinski definition) is 1. The van der Waals surface area contributed by atoms with Crippen molar-refractivity contribution < 1.29 is 9.13 Å².